The molecule has 1 aromatic rings. The fourth-order valence-electron chi connectivity index (χ4n) is 3.10. The summed E-state index contributed by atoms with van der Waals surface area (Å²) in [4.78, 5) is 12.1. The third-order valence-electron chi connectivity index (χ3n) is 4.10. The highest BCUT2D eigenvalue weighted by molar-refractivity contribution is 5.99. The lowest BCUT2D eigenvalue weighted by atomic mass is 9.82. The van der Waals surface area contributed by atoms with Crippen LogP contribution in [0.4, 0.5) is 13.2 Å². The predicted molar refractivity (Wildman–Crippen MR) is 74.9 cm³/mol. The van der Waals surface area contributed by atoms with Gasteiger partial charge in [0, 0.05) is 25.0 Å². The quantitative estimate of drug-likeness (QED) is 0.834. The van der Waals surface area contributed by atoms with E-state index in [0.29, 0.717) is 30.6 Å². The molecule has 1 saturated heterocycles. The average Bonchev–Trinajstić information content (AvgIpc) is 2.84. The number of fused-ring (bicyclic) bond motifs is 3. The van der Waals surface area contributed by atoms with Crippen molar-refractivity contribution in [1.82, 2.24) is 10.6 Å². The molecule has 0 spiro atoms. The summed E-state index contributed by atoms with van der Waals surface area (Å²) in [7, 11) is 0. The first-order valence-electron chi connectivity index (χ1n) is 6.67. The number of benzene rings is 1. The predicted octanol–water partition coefficient (Wildman–Crippen LogP) is 2.49. The van der Waals surface area contributed by atoms with Crippen molar-refractivity contribution in [2.75, 3.05) is 13.1 Å². The van der Waals surface area contributed by atoms with Crippen LogP contribution in [0.15, 0.2) is 12.1 Å². The molecule has 3 rings (SSSR count). The van der Waals surface area contributed by atoms with E-state index in [1.54, 1.807) is 6.07 Å². The Hall–Kier alpha value is -1.27. The van der Waals surface area contributed by atoms with Crippen molar-refractivity contribution in [3.05, 3.63) is 34.4 Å². The van der Waals surface area contributed by atoms with E-state index < -0.39 is 17.6 Å². The fraction of sp³-hybridized carbons (Fsp3) is 0.500. The summed E-state index contributed by atoms with van der Waals surface area (Å²) < 4.78 is 39.6. The minimum Gasteiger partial charge on any atom is -0.347 e. The monoisotopic (exact) mass is 320 g/mol. The summed E-state index contributed by atoms with van der Waals surface area (Å²) in [6, 6.07) is 2.75. The normalized spacial score (nSPS) is 23.9. The summed E-state index contributed by atoms with van der Waals surface area (Å²) in [6.45, 7) is 3.02. The SMILES string of the molecule is CCc1cc2c(c(C(F)(F)F)c1)C(=O)N[C@H]1CNC[C@H]21.Cl. The van der Waals surface area contributed by atoms with Gasteiger partial charge in [-0.05, 0) is 23.6 Å². The van der Waals surface area contributed by atoms with E-state index in [1.165, 1.54) is 0 Å². The molecule has 2 aliphatic rings. The summed E-state index contributed by atoms with van der Waals surface area (Å²) in [5.74, 6) is -0.685. The third-order valence-corrected chi connectivity index (χ3v) is 4.10. The Morgan fingerprint density at radius 3 is 2.62 bits per heavy atom. The van der Waals surface area contributed by atoms with Crippen LogP contribution >= 0.6 is 12.4 Å². The van der Waals surface area contributed by atoms with Crippen LogP contribution in [0.1, 0.15) is 39.9 Å². The summed E-state index contributed by atoms with van der Waals surface area (Å²) in [5, 5.41) is 5.81. The van der Waals surface area contributed by atoms with Gasteiger partial charge in [-0.1, -0.05) is 13.0 Å². The molecule has 1 aromatic carbocycles. The minimum atomic E-state index is -4.51. The van der Waals surface area contributed by atoms with Crippen LogP contribution < -0.4 is 10.6 Å². The molecular weight excluding hydrogens is 305 g/mol. The zero-order valence-electron chi connectivity index (χ0n) is 11.4. The number of halogens is 4. The van der Waals surface area contributed by atoms with Gasteiger partial charge in [-0.15, -0.1) is 12.4 Å². The highest BCUT2D eigenvalue weighted by Crippen LogP contribution is 2.40. The summed E-state index contributed by atoms with van der Waals surface area (Å²) in [5.41, 5.74) is 0.154. The number of carbonyl (C=O) groups is 1. The van der Waals surface area contributed by atoms with Crippen LogP contribution in [0.3, 0.4) is 0 Å². The van der Waals surface area contributed by atoms with Crippen molar-refractivity contribution in [1.29, 1.82) is 0 Å². The zero-order valence-corrected chi connectivity index (χ0v) is 12.2. The second kappa shape index (κ2) is 5.50. The highest BCUT2D eigenvalue weighted by atomic mass is 35.5. The molecule has 2 heterocycles. The van der Waals surface area contributed by atoms with Gasteiger partial charge >= 0.3 is 6.18 Å². The molecule has 2 atom stereocenters. The molecule has 2 aliphatic heterocycles. The molecule has 116 valence electrons. The van der Waals surface area contributed by atoms with Crippen molar-refractivity contribution < 1.29 is 18.0 Å². The number of hydrogen-bond acceptors (Lipinski definition) is 2. The second-order valence-electron chi connectivity index (χ2n) is 5.30. The van der Waals surface area contributed by atoms with Crippen LogP contribution in [-0.2, 0) is 12.6 Å². The van der Waals surface area contributed by atoms with Crippen molar-refractivity contribution in [3.8, 4) is 0 Å². The number of nitrogens with one attached hydrogen (secondary N) is 2. The average molecular weight is 321 g/mol. The van der Waals surface area contributed by atoms with E-state index in [4.69, 9.17) is 0 Å². The maximum Gasteiger partial charge on any atom is 0.417 e. The van der Waals surface area contributed by atoms with E-state index in [9.17, 15) is 18.0 Å². The molecule has 3 nitrogen and oxygen atoms in total. The number of rotatable bonds is 1. The van der Waals surface area contributed by atoms with Crippen molar-refractivity contribution in [2.24, 2.45) is 0 Å². The molecule has 0 unspecified atom stereocenters. The van der Waals surface area contributed by atoms with Gasteiger partial charge in [-0.3, -0.25) is 4.79 Å². The lowest BCUT2D eigenvalue weighted by molar-refractivity contribution is -0.138. The molecule has 0 saturated carbocycles. The Labute approximate surface area is 126 Å². The highest BCUT2D eigenvalue weighted by Gasteiger charge is 2.43. The van der Waals surface area contributed by atoms with Gasteiger partial charge in [0.1, 0.15) is 0 Å². The van der Waals surface area contributed by atoms with E-state index >= 15 is 0 Å². The minimum absolute atomic E-state index is 0. The molecule has 7 heteroatoms. The molecular formula is C14H16ClF3N2O. The maximum atomic E-state index is 13.2. The standard InChI is InChI=1S/C14H15F3N2O.ClH/c1-2-7-3-8-9-5-18-6-11(9)19-13(20)12(8)10(4-7)14(15,16)17;/h3-4,9,11,18H,2,5-6H2,1H3,(H,19,20);1H/t9-,11+;/m1./s1. The zero-order chi connectivity index (χ0) is 14.5. The van der Waals surface area contributed by atoms with Gasteiger partial charge in [0.15, 0.2) is 0 Å². The Morgan fingerprint density at radius 1 is 1.29 bits per heavy atom. The topological polar surface area (TPSA) is 41.1 Å². The van der Waals surface area contributed by atoms with E-state index in [0.717, 1.165) is 6.07 Å². The van der Waals surface area contributed by atoms with E-state index in [1.807, 2.05) is 6.92 Å². The number of carbonyl (C=O) groups excluding carboxylic acids is 1. The van der Waals surface area contributed by atoms with Gasteiger partial charge in [0.05, 0.1) is 11.1 Å². The fourth-order valence-corrected chi connectivity index (χ4v) is 3.10. The Bertz CT molecular complexity index is 574. The van der Waals surface area contributed by atoms with Crippen LogP contribution in [-0.4, -0.2) is 25.0 Å². The van der Waals surface area contributed by atoms with Gasteiger partial charge in [0.2, 0.25) is 0 Å². The summed E-state index contributed by atoms with van der Waals surface area (Å²) >= 11 is 0. The Morgan fingerprint density at radius 2 is 2.00 bits per heavy atom. The van der Waals surface area contributed by atoms with Gasteiger partial charge in [-0.2, -0.15) is 13.2 Å². The summed E-state index contributed by atoms with van der Waals surface area (Å²) in [6.07, 6.45) is -3.99. The van der Waals surface area contributed by atoms with Crippen LogP contribution in [0.2, 0.25) is 0 Å². The largest absolute Gasteiger partial charge is 0.417 e. The van der Waals surface area contributed by atoms with Crippen molar-refractivity contribution >= 4 is 18.3 Å². The van der Waals surface area contributed by atoms with Gasteiger partial charge in [0.25, 0.3) is 5.91 Å². The second-order valence-corrected chi connectivity index (χ2v) is 5.30. The molecule has 21 heavy (non-hydrogen) atoms. The molecule has 0 bridgehead atoms. The van der Waals surface area contributed by atoms with Crippen LogP contribution in [0.5, 0.6) is 0 Å². The smallest absolute Gasteiger partial charge is 0.347 e. The van der Waals surface area contributed by atoms with Crippen LogP contribution in [0, 0.1) is 0 Å². The maximum absolute atomic E-state index is 13.2. The number of amides is 1. The third kappa shape index (κ3) is 2.62. The molecule has 0 aliphatic carbocycles. The lowest BCUT2D eigenvalue weighted by Gasteiger charge is -2.30. The van der Waals surface area contributed by atoms with Gasteiger partial charge in [-0.25, -0.2) is 0 Å². The van der Waals surface area contributed by atoms with E-state index in [2.05, 4.69) is 10.6 Å². The van der Waals surface area contributed by atoms with Gasteiger partial charge < -0.3 is 10.6 Å². The number of hydrogen-bond donors (Lipinski definition) is 2. The Balaban J connectivity index is 0.00000161. The molecule has 0 radical (unpaired) electrons. The number of aryl methyl sites for hydroxylation is 1. The molecule has 1 fully saturated rings. The van der Waals surface area contributed by atoms with Crippen molar-refractivity contribution in [2.45, 2.75) is 31.5 Å². The molecule has 1 amide bonds. The molecule has 2 N–H and O–H groups in total. The first kappa shape index (κ1) is 16.1. The first-order valence-corrected chi connectivity index (χ1v) is 6.67. The Kier molecular flexibility index (Phi) is 4.22. The number of alkyl halides is 3. The van der Waals surface area contributed by atoms with Crippen molar-refractivity contribution in [3.63, 3.8) is 0 Å². The molecule has 0 aromatic heterocycles. The first-order chi connectivity index (χ1) is 9.41. The van der Waals surface area contributed by atoms with E-state index in [-0.39, 0.29) is 29.9 Å². The lowest BCUT2D eigenvalue weighted by Crippen LogP contribution is -2.45. The van der Waals surface area contributed by atoms with Crippen LogP contribution in [0.25, 0.3) is 0 Å².